The van der Waals surface area contributed by atoms with E-state index in [0.29, 0.717) is 6.42 Å². The van der Waals surface area contributed by atoms with Gasteiger partial charge in [0, 0.05) is 18.3 Å². The molecule has 0 amide bonds. The Morgan fingerprint density at radius 2 is 2.29 bits per heavy atom. The van der Waals surface area contributed by atoms with Gasteiger partial charge in [-0.1, -0.05) is 6.92 Å². The summed E-state index contributed by atoms with van der Waals surface area (Å²) in [6.07, 6.45) is 1.95. The van der Waals surface area contributed by atoms with Crippen LogP contribution in [0, 0.1) is 5.92 Å². The molecular formula is C10H14N2O4S. The predicted molar refractivity (Wildman–Crippen MR) is 60.4 cm³/mol. The highest BCUT2D eigenvalue weighted by Crippen LogP contribution is 2.25. The molecule has 1 saturated heterocycles. The van der Waals surface area contributed by atoms with Crippen LogP contribution in [0.4, 0.5) is 0 Å². The third-order valence-corrected chi connectivity index (χ3v) is 4.71. The highest BCUT2D eigenvalue weighted by Gasteiger charge is 2.36. The second kappa shape index (κ2) is 4.14. The molecule has 1 aliphatic rings. The first-order chi connectivity index (χ1) is 7.89. The molecule has 0 bridgehead atoms. The lowest BCUT2D eigenvalue weighted by Gasteiger charge is -2.27. The van der Waals surface area contributed by atoms with Gasteiger partial charge in [-0.25, -0.2) is 8.42 Å². The molecule has 0 radical (unpaired) electrons. The highest BCUT2D eigenvalue weighted by atomic mass is 32.2. The number of aromatic nitrogens is 2. The summed E-state index contributed by atoms with van der Waals surface area (Å²) in [7, 11) is -2.90. The molecule has 1 aliphatic heterocycles. The maximum atomic E-state index is 11.1. The summed E-state index contributed by atoms with van der Waals surface area (Å²) in [5.41, 5.74) is 0.778. The maximum Gasteiger partial charge on any atom is 0.306 e. The van der Waals surface area contributed by atoms with E-state index in [9.17, 15) is 13.2 Å². The van der Waals surface area contributed by atoms with Crippen molar-refractivity contribution in [2.75, 3.05) is 11.5 Å². The van der Waals surface area contributed by atoms with Crippen LogP contribution in [0.3, 0.4) is 0 Å². The summed E-state index contributed by atoms with van der Waals surface area (Å²) >= 11 is 0. The Bertz CT molecular complexity index is 522. The van der Waals surface area contributed by atoms with Gasteiger partial charge < -0.3 is 5.11 Å². The van der Waals surface area contributed by atoms with Crippen LogP contribution in [0.25, 0.3) is 0 Å². The van der Waals surface area contributed by atoms with Crippen LogP contribution in [0.15, 0.2) is 12.3 Å². The molecule has 6 nitrogen and oxygen atoms in total. The Kier molecular flexibility index (Phi) is 2.94. The number of sulfone groups is 1. The molecule has 1 atom stereocenters. The van der Waals surface area contributed by atoms with Crippen molar-refractivity contribution in [3.05, 3.63) is 18.0 Å². The first-order valence-corrected chi connectivity index (χ1v) is 7.17. The van der Waals surface area contributed by atoms with Gasteiger partial charge in [-0.2, -0.15) is 5.10 Å². The average Bonchev–Trinajstić information content (AvgIpc) is 2.61. The molecule has 17 heavy (non-hydrogen) atoms. The lowest BCUT2D eigenvalue weighted by molar-refractivity contribution is -0.141. The fraction of sp³-hybridized carbons (Fsp3) is 0.600. The second-order valence-corrected chi connectivity index (χ2v) is 6.60. The van der Waals surface area contributed by atoms with Crippen LogP contribution >= 0.6 is 0 Å². The van der Waals surface area contributed by atoms with E-state index in [0.717, 1.165) is 5.69 Å². The molecule has 1 unspecified atom stereocenters. The zero-order valence-electron chi connectivity index (χ0n) is 9.41. The molecular weight excluding hydrogens is 244 g/mol. The van der Waals surface area contributed by atoms with Crippen LogP contribution < -0.4 is 0 Å². The number of aliphatic carboxylic acids is 1. The largest absolute Gasteiger partial charge is 0.481 e. The SMILES string of the molecule is CC(Cc1ccnn1C1CS(=O)(=O)C1)C(=O)O. The van der Waals surface area contributed by atoms with Crippen molar-refractivity contribution < 1.29 is 18.3 Å². The highest BCUT2D eigenvalue weighted by molar-refractivity contribution is 7.92. The van der Waals surface area contributed by atoms with Gasteiger partial charge in [0.25, 0.3) is 0 Å². The molecule has 1 aromatic rings. The molecule has 94 valence electrons. The van der Waals surface area contributed by atoms with E-state index in [1.165, 1.54) is 0 Å². The fourth-order valence-corrected chi connectivity index (χ4v) is 3.27. The van der Waals surface area contributed by atoms with Gasteiger partial charge in [0.05, 0.1) is 23.5 Å². The normalized spacial score (nSPS) is 20.8. The predicted octanol–water partition coefficient (Wildman–Crippen LogP) is 0.116. The van der Waals surface area contributed by atoms with Crippen molar-refractivity contribution in [3.8, 4) is 0 Å². The summed E-state index contributed by atoms with van der Waals surface area (Å²) < 4.78 is 23.8. The molecule has 0 spiro atoms. The summed E-state index contributed by atoms with van der Waals surface area (Å²) in [4.78, 5) is 10.8. The van der Waals surface area contributed by atoms with Crippen molar-refractivity contribution in [1.82, 2.24) is 9.78 Å². The number of rotatable bonds is 4. The maximum absolute atomic E-state index is 11.1. The fourth-order valence-electron chi connectivity index (χ4n) is 1.91. The van der Waals surface area contributed by atoms with E-state index in [1.54, 1.807) is 23.9 Å². The van der Waals surface area contributed by atoms with Gasteiger partial charge in [-0.15, -0.1) is 0 Å². The van der Waals surface area contributed by atoms with E-state index in [4.69, 9.17) is 5.11 Å². The molecule has 1 N–H and O–H groups in total. The van der Waals surface area contributed by atoms with E-state index in [1.807, 2.05) is 0 Å². The van der Waals surface area contributed by atoms with Gasteiger partial charge >= 0.3 is 5.97 Å². The first-order valence-electron chi connectivity index (χ1n) is 5.34. The number of hydrogen-bond acceptors (Lipinski definition) is 4. The average molecular weight is 258 g/mol. The topological polar surface area (TPSA) is 89.3 Å². The molecule has 0 saturated carbocycles. The summed E-state index contributed by atoms with van der Waals surface area (Å²) in [6, 6.07) is 1.61. The van der Waals surface area contributed by atoms with Crippen molar-refractivity contribution >= 4 is 15.8 Å². The second-order valence-electron chi connectivity index (χ2n) is 4.44. The monoisotopic (exact) mass is 258 g/mol. The minimum absolute atomic E-state index is 0.100. The van der Waals surface area contributed by atoms with Crippen molar-refractivity contribution in [2.45, 2.75) is 19.4 Å². The lowest BCUT2D eigenvalue weighted by atomic mass is 10.1. The van der Waals surface area contributed by atoms with E-state index in [2.05, 4.69) is 5.10 Å². The minimum atomic E-state index is -2.90. The Hall–Kier alpha value is -1.37. The first kappa shape index (κ1) is 12.1. The molecule has 7 heteroatoms. The van der Waals surface area contributed by atoms with Crippen molar-refractivity contribution in [2.24, 2.45) is 5.92 Å². The third-order valence-electron chi connectivity index (χ3n) is 2.93. The standard InChI is InChI=1S/C10H14N2O4S/c1-7(10(13)14)4-8-2-3-11-12(8)9-5-17(15,16)6-9/h2-3,7,9H,4-6H2,1H3,(H,13,14). The van der Waals surface area contributed by atoms with Crippen molar-refractivity contribution in [1.29, 1.82) is 0 Å². The van der Waals surface area contributed by atoms with Crippen molar-refractivity contribution in [3.63, 3.8) is 0 Å². The Balaban J connectivity index is 2.10. The number of hydrogen-bond donors (Lipinski definition) is 1. The molecule has 2 rings (SSSR count). The van der Waals surface area contributed by atoms with Crippen LogP contribution in [0.5, 0.6) is 0 Å². The summed E-state index contributed by atoms with van der Waals surface area (Å²) in [5, 5.41) is 12.9. The van der Waals surface area contributed by atoms with E-state index in [-0.39, 0.29) is 17.5 Å². The number of carbonyl (C=O) groups is 1. The molecule has 2 heterocycles. The zero-order chi connectivity index (χ0) is 12.6. The van der Waals surface area contributed by atoms with Gasteiger partial charge in [-0.3, -0.25) is 9.48 Å². The molecule has 0 aromatic carbocycles. The lowest BCUT2D eigenvalue weighted by Crippen LogP contribution is -2.39. The smallest absolute Gasteiger partial charge is 0.306 e. The molecule has 1 aromatic heterocycles. The van der Waals surface area contributed by atoms with E-state index < -0.39 is 21.7 Å². The third kappa shape index (κ3) is 2.49. The van der Waals surface area contributed by atoms with Gasteiger partial charge in [0.1, 0.15) is 0 Å². The van der Waals surface area contributed by atoms with Crippen LogP contribution in [-0.2, 0) is 21.1 Å². The quantitative estimate of drug-likeness (QED) is 0.828. The van der Waals surface area contributed by atoms with Gasteiger partial charge in [0.2, 0.25) is 0 Å². The number of carboxylic acids is 1. The number of nitrogens with zero attached hydrogens (tertiary/aromatic N) is 2. The van der Waals surface area contributed by atoms with Gasteiger partial charge in [-0.05, 0) is 6.07 Å². The van der Waals surface area contributed by atoms with Crippen LogP contribution in [-0.4, -0.2) is 40.8 Å². The van der Waals surface area contributed by atoms with Gasteiger partial charge in [0.15, 0.2) is 9.84 Å². The Morgan fingerprint density at radius 1 is 1.65 bits per heavy atom. The molecule has 1 fully saturated rings. The van der Waals surface area contributed by atoms with Crippen LogP contribution in [0.1, 0.15) is 18.7 Å². The molecule has 0 aliphatic carbocycles. The Morgan fingerprint density at radius 3 is 2.82 bits per heavy atom. The van der Waals surface area contributed by atoms with E-state index >= 15 is 0 Å². The summed E-state index contributed by atoms with van der Waals surface area (Å²) in [5.74, 6) is -1.16. The summed E-state index contributed by atoms with van der Waals surface area (Å²) in [6.45, 7) is 1.62. The van der Waals surface area contributed by atoms with Crippen LogP contribution in [0.2, 0.25) is 0 Å². The number of carboxylic acid groups (broad SMARTS) is 1. The zero-order valence-corrected chi connectivity index (χ0v) is 10.2. The minimum Gasteiger partial charge on any atom is -0.481 e. The Labute approximate surface area is 99.2 Å².